The highest BCUT2D eigenvalue weighted by Crippen LogP contribution is 2.40. The number of aromatic nitrogens is 1. The molecule has 0 aliphatic carbocycles. The maximum absolute atomic E-state index is 13.8. The fraction of sp³-hybridized carbons (Fsp3) is 0.425. The van der Waals surface area contributed by atoms with E-state index < -0.39 is 34.8 Å². The van der Waals surface area contributed by atoms with E-state index in [0.29, 0.717) is 62.0 Å². The van der Waals surface area contributed by atoms with Crippen molar-refractivity contribution in [1.82, 2.24) is 20.1 Å². The Morgan fingerprint density at radius 1 is 1.10 bits per heavy atom. The minimum absolute atomic E-state index is 0.0235. The summed E-state index contributed by atoms with van der Waals surface area (Å²) < 4.78 is 47.4. The molecule has 2 unspecified atom stereocenters. The Kier molecular flexibility index (Phi) is 12.4. The van der Waals surface area contributed by atoms with E-state index in [1.165, 1.54) is 12.3 Å². The van der Waals surface area contributed by atoms with Crippen molar-refractivity contribution in [3.63, 3.8) is 0 Å². The number of hydrogen-bond donors (Lipinski definition) is 3. The number of halogens is 3. The van der Waals surface area contributed by atoms with E-state index in [9.17, 15) is 37.6 Å². The average Bonchev–Trinajstić information content (AvgIpc) is 3.35. The zero-order valence-corrected chi connectivity index (χ0v) is 33.3. The first-order valence-electron chi connectivity index (χ1n) is 18.9. The summed E-state index contributed by atoms with van der Waals surface area (Å²) in [5, 5.41) is 17.6. The molecule has 0 bridgehead atoms. The van der Waals surface area contributed by atoms with Crippen LogP contribution in [0.25, 0.3) is 0 Å². The van der Waals surface area contributed by atoms with Gasteiger partial charge in [0.2, 0.25) is 23.6 Å². The van der Waals surface area contributed by atoms with Gasteiger partial charge in [0.15, 0.2) is 5.11 Å². The molecule has 3 N–H and O–H groups in total. The molecule has 3 saturated heterocycles. The number of benzene rings is 2. The molecule has 0 spiro atoms. The van der Waals surface area contributed by atoms with Crippen molar-refractivity contribution in [2.24, 2.45) is 0 Å². The van der Waals surface area contributed by atoms with Crippen molar-refractivity contribution in [3.8, 4) is 11.9 Å². The Morgan fingerprint density at radius 3 is 2.55 bits per heavy atom. The van der Waals surface area contributed by atoms with Gasteiger partial charge in [0.25, 0.3) is 5.91 Å². The quantitative estimate of drug-likeness (QED) is 0.171. The molecule has 3 aliphatic heterocycles. The summed E-state index contributed by atoms with van der Waals surface area (Å²) in [5.41, 5.74) is -0.595. The molecule has 2 aromatic carbocycles. The van der Waals surface area contributed by atoms with Crippen molar-refractivity contribution in [2.45, 2.75) is 70.8 Å². The maximum atomic E-state index is 13.8. The third-order valence-corrected chi connectivity index (χ3v) is 10.8. The van der Waals surface area contributed by atoms with Gasteiger partial charge in [0.05, 0.1) is 41.3 Å². The normalized spacial score (nSPS) is 20.2. The summed E-state index contributed by atoms with van der Waals surface area (Å²) in [7, 11) is 0. The van der Waals surface area contributed by atoms with E-state index in [1.807, 2.05) is 13.0 Å². The molecule has 2 atom stereocenters. The number of rotatable bonds is 12. The summed E-state index contributed by atoms with van der Waals surface area (Å²) in [6.45, 7) is 10.5. The van der Waals surface area contributed by atoms with Gasteiger partial charge in [-0.05, 0) is 88.3 Å². The molecular weight excluding hydrogens is 776 g/mol. The zero-order valence-electron chi connectivity index (χ0n) is 32.5. The molecule has 6 rings (SSSR count). The number of aryl methyl sites for hydroxylation is 1. The number of thiocarbonyl (C=S) groups is 1. The van der Waals surface area contributed by atoms with Crippen LogP contribution in [0.2, 0.25) is 0 Å². The molecule has 14 nitrogen and oxygen atoms in total. The number of carbonyl (C=O) groups excluding carboxylic acids is 4. The topological polar surface area (TPSA) is 163 Å². The number of anilines is 4. The number of nitriles is 1. The number of piperidine rings is 1. The summed E-state index contributed by atoms with van der Waals surface area (Å²) in [6, 6.07) is 13.1. The number of imide groups is 1. The SMILES string of the molecule is CCc1cc(N2C(=S)N(c3ccc(C#N)c(C(F)(F)F)c3)C(=O)C2(C)C)cnc1OCCN1CCN(CC(=O)Nc2cccc(NC3CCC(=O)NC3=O)c2)C(C)C1. The first-order valence-corrected chi connectivity index (χ1v) is 19.3. The predicted molar refractivity (Wildman–Crippen MR) is 214 cm³/mol. The highest BCUT2D eigenvalue weighted by molar-refractivity contribution is 7.81. The van der Waals surface area contributed by atoms with Crippen molar-refractivity contribution in [1.29, 1.82) is 5.26 Å². The third-order valence-electron chi connectivity index (χ3n) is 10.5. The number of pyridine rings is 1. The Balaban J connectivity index is 1.01. The third kappa shape index (κ3) is 9.06. The van der Waals surface area contributed by atoms with Gasteiger partial charge in [0.1, 0.15) is 18.2 Å². The lowest BCUT2D eigenvalue weighted by molar-refractivity contribution is -0.138. The van der Waals surface area contributed by atoms with Crippen LogP contribution in [0.3, 0.4) is 0 Å². The lowest BCUT2D eigenvalue weighted by atomic mass is 10.0. The fourth-order valence-electron chi connectivity index (χ4n) is 7.33. The van der Waals surface area contributed by atoms with Crippen LogP contribution in [0.1, 0.15) is 57.2 Å². The molecule has 4 heterocycles. The number of piperazine rings is 1. The molecule has 4 amide bonds. The number of nitrogens with zero attached hydrogens (tertiary/aromatic N) is 6. The number of alkyl halides is 3. The van der Waals surface area contributed by atoms with Crippen LogP contribution >= 0.6 is 12.2 Å². The summed E-state index contributed by atoms with van der Waals surface area (Å²) in [6.07, 6.45) is -2.09. The van der Waals surface area contributed by atoms with Gasteiger partial charge in [0, 0.05) is 55.6 Å². The minimum atomic E-state index is -4.81. The van der Waals surface area contributed by atoms with Gasteiger partial charge in [-0.15, -0.1) is 0 Å². The molecule has 3 aromatic rings. The Labute approximate surface area is 339 Å². The van der Waals surface area contributed by atoms with Gasteiger partial charge in [-0.2, -0.15) is 18.4 Å². The second-order valence-corrected chi connectivity index (χ2v) is 15.3. The maximum Gasteiger partial charge on any atom is 0.417 e. The smallest absolute Gasteiger partial charge is 0.417 e. The van der Waals surface area contributed by atoms with Crippen LogP contribution in [-0.2, 0) is 31.8 Å². The second-order valence-electron chi connectivity index (χ2n) is 14.9. The van der Waals surface area contributed by atoms with Crippen molar-refractivity contribution in [3.05, 3.63) is 71.4 Å². The van der Waals surface area contributed by atoms with Crippen molar-refractivity contribution in [2.75, 3.05) is 59.8 Å². The lowest BCUT2D eigenvalue weighted by Crippen LogP contribution is -2.54. The summed E-state index contributed by atoms with van der Waals surface area (Å²) >= 11 is 5.68. The second kappa shape index (κ2) is 17.1. The molecular formula is C40H44F3N9O5S. The van der Waals surface area contributed by atoms with Gasteiger partial charge in [-0.3, -0.25) is 39.2 Å². The van der Waals surface area contributed by atoms with E-state index in [2.05, 4.69) is 37.7 Å². The lowest BCUT2D eigenvalue weighted by Gasteiger charge is -2.39. The number of carbonyl (C=O) groups is 4. The van der Waals surface area contributed by atoms with Crippen molar-refractivity contribution >= 4 is 63.7 Å². The van der Waals surface area contributed by atoms with Crippen LogP contribution in [0, 0.1) is 11.3 Å². The zero-order chi connectivity index (χ0) is 41.9. The van der Waals surface area contributed by atoms with E-state index in [1.54, 1.807) is 49.1 Å². The highest BCUT2D eigenvalue weighted by atomic mass is 32.1. The van der Waals surface area contributed by atoms with Crippen LogP contribution in [-0.4, -0.2) is 100 Å². The van der Waals surface area contributed by atoms with Crippen LogP contribution in [0.4, 0.5) is 35.9 Å². The molecule has 3 aliphatic rings. The van der Waals surface area contributed by atoms with Gasteiger partial charge >= 0.3 is 6.18 Å². The number of ether oxygens (including phenoxy) is 1. The monoisotopic (exact) mass is 819 g/mol. The van der Waals surface area contributed by atoms with E-state index >= 15 is 0 Å². The minimum Gasteiger partial charge on any atom is -0.476 e. The Bertz CT molecular complexity index is 2160. The van der Waals surface area contributed by atoms with Crippen LogP contribution in [0.15, 0.2) is 54.7 Å². The molecule has 58 heavy (non-hydrogen) atoms. The van der Waals surface area contributed by atoms with Gasteiger partial charge < -0.3 is 20.3 Å². The van der Waals surface area contributed by atoms with Crippen molar-refractivity contribution < 1.29 is 37.1 Å². The molecule has 0 saturated carbocycles. The molecule has 3 fully saturated rings. The predicted octanol–water partition coefficient (Wildman–Crippen LogP) is 4.69. The van der Waals surface area contributed by atoms with Gasteiger partial charge in [-0.25, -0.2) is 4.98 Å². The Hall–Kier alpha value is -5.64. The number of amides is 4. The molecule has 18 heteroatoms. The first kappa shape index (κ1) is 42.0. The van der Waals surface area contributed by atoms with E-state index in [0.717, 1.165) is 29.1 Å². The van der Waals surface area contributed by atoms with Crippen LogP contribution < -0.4 is 30.5 Å². The number of nitrogens with one attached hydrogen (secondary N) is 3. The summed E-state index contributed by atoms with van der Waals surface area (Å²) in [4.78, 5) is 61.8. The van der Waals surface area contributed by atoms with Crippen LogP contribution in [0.5, 0.6) is 5.88 Å². The highest BCUT2D eigenvalue weighted by Gasteiger charge is 2.51. The summed E-state index contributed by atoms with van der Waals surface area (Å²) in [5.74, 6) is -0.939. The van der Waals surface area contributed by atoms with E-state index in [-0.39, 0.29) is 47.5 Å². The largest absolute Gasteiger partial charge is 0.476 e. The molecule has 1 aromatic heterocycles. The Morgan fingerprint density at radius 2 is 1.86 bits per heavy atom. The fourth-order valence-corrected chi connectivity index (χ4v) is 7.86. The van der Waals surface area contributed by atoms with E-state index in [4.69, 9.17) is 17.0 Å². The van der Waals surface area contributed by atoms with Gasteiger partial charge in [-0.1, -0.05) is 13.0 Å². The molecule has 0 radical (unpaired) electrons. The standard InChI is InChI=1S/C40H44F3N9O5S/c1-5-25-17-30(52-38(58)51(37(56)39(52,3)4)29-10-9-26(20-44)31(19-29)40(41,42)43)21-45-36(25)57-16-15-49-13-14-50(24(2)22-49)23-34(54)47-28-8-6-7-27(18-28)46-32-11-12-33(53)48-35(32)55/h6-10,17-19,21,24,32,46H,5,11-16,22-23H2,1-4H3,(H,47,54)(H,48,53,55). The molecule has 306 valence electrons. The first-order chi connectivity index (χ1) is 27.5. The number of hydrogen-bond acceptors (Lipinski definition) is 11. The average molecular weight is 820 g/mol.